The van der Waals surface area contributed by atoms with Gasteiger partial charge in [0.2, 0.25) is 0 Å². The summed E-state index contributed by atoms with van der Waals surface area (Å²) >= 11 is 8.86. The molecule has 116 valence electrons. The van der Waals surface area contributed by atoms with Crippen molar-refractivity contribution in [2.45, 2.75) is 63.6 Å². The van der Waals surface area contributed by atoms with Crippen molar-refractivity contribution in [2.24, 2.45) is 0 Å². The predicted molar refractivity (Wildman–Crippen MR) is 99.4 cm³/mol. The molecule has 21 heavy (non-hydrogen) atoms. The van der Waals surface area contributed by atoms with Crippen molar-refractivity contribution in [1.82, 2.24) is 5.32 Å². The quantitative estimate of drug-likeness (QED) is 0.704. The molecular weight excluding hydrogens is 395 g/mol. The summed E-state index contributed by atoms with van der Waals surface area (Å²) in [6.07, 6.45) is 7.73. The molecule has 1 aromatic carbocycles. The first-order valence-corrected chi connectivity index (χ1v) is 9.61. The van der Waals surface area contributed by atoms with Crippen molar-refractivity contribution in [2.75, 3.05) is 11.4 Å². The Morgan fingerprint density at radius 3 is 2.62 bits per heavy atom. The summed E-state index contributed by atoms with van der Waals surface area (Å²) in [4.78, 5) is 2.63. The Kier molecular flexibility index (Phi) is 5.33. The molecule has 2 bridgehead atoms. The van der Waals surface area contributed by atoms with Crippen LogP contribution in [-0.2, 0) is 0 Å². The third-order valence-corrected chi connectivity index (χ3v) is 5.82. The van der Waals surface area contributed by atoms with Gasteiger partial charge in [0.25, 0.3) is 0 Å². The maximum Gasteiger partial charge on any atom is 0.0650 e. The van der Waals surface area contributed by atoms with E-state index in [9.17, 15) is 0 Å². The third kappa shape index (κ3) is 3.50. The lowest BCUT2D eigenvalue weighted by Gasteiger charge is -2.50. The van der Waals surface area contributed by atoms with Gasteiger partial charge in [-0.05, 0) is 85.9 Å². The molecular formula is C17H24ClIN2. The predicted octanol–water partition coefficient (Wildman–Crippen LogP) is 4.83. The Morgan fingerprint density at radius 1 is 1.29 bits per heavy atom. The highest BCUT2D eigenvalue weighted by atomic mass is 127. The molecule has 1 aromatic rings. The Morgan fingerprint density at radius 2 is 2.00 bits per heavy atom. The molecule has 2 nitrogen and oxygen atoms in total. The fourth-order valence-corrected chi connectivity index (χ4v) is 4.93. The van der Waals surface area contributed by atoms with Crippen LogP contribution in [0.15, 0.2) is 18.2 Å². The van der Waals surface area contributed by atoms with Crippen LogP contribution in [0.5, 0.6) is 0 Å². The number of nitrogens with zero attached hydrogens (tertiary/aromatic N) is 1. The molecule has 2 aliphatic rings. The minimum atomic E-state index is 0.657. The molecule has 0 aromatic heterocycles. The van der Waals surface area contributed by atoms with Gasteiger partial charge in [0.15, 0.2) is 0 Å². The van der Waals surface area contributed by atoms with E-state index in [4.69, 9.17) is 11.6 Å². The summed E-state index contributed by atoms with van der Waals surface area (Å²) < 4.78 is 1.21. The topological polar surface area (TPSA) is 15.3 Å². The van der Waals surface area contributed by atoms with Crippen LogP contribution in [0, 0.1) is 3.57 Å². The molecule has 2 saturated heterocycles. The molecule has 4 heteroatoms. The van der Waals surface area contributed by atoms with Crippen molar-refractivity contribution in [1.29, 1.82) is 0 Å². The van der Waals surface area contributed by atoms with E-state index in [1.165, 1.54) is 47.8 Å². The number of hydrogen-bond acceptors (Lipinski definition) is 2. The van der Waals surface area contributed by atoms with Crippen LogP contribution < -0.4 is 10.2 Å². The average Bonchev–Trinajstić information content (AvgIpc) is 2.44. The molecule has 2 heterocycles. The SMILES string of the molecule is CCCNC1CC2CCCC(C1)N2c1ccc(I)cc1Cl. The molecule has 2 aliphatic heterocycles. The zero-order chi connectivity index (χ0) is 14.8. The number of halogens is 2. The monoisotopic (exact) mass is 418 g/mol. The zero-order valence-corrected chi connectivity index (χ0v) is 15.5. The highest BCUT2D eigenvalue weighted by Crippen LogP contribution is 2.40. The normalized spacial score (nSPS) is 28.7. The largest absolute Gasteiger partial charge is 0.364 e. The molecule has 0 aliphatic carbocycles. The molecule has 2 unspecified atom stereocenters. The van der Waals surface area contributed by atoms with E-state index in [0.29, 0.717) is 18.1 Å². The van der Waals surface area contributed by atoms with Gasteiger partial charge in [-0.2, -0.15) is 0 Å². The summed E-state index contributed by atoms with van der Waals surface area (Å²) in [6, 6.07) is 8.50. The second-order valence-corrected chi connectivity index (χ2v) is 8.02. The van der Waals surface area contributed by atoms with Gasteiger partial charge in [0.1, 0.15) is 0 Å². The average molecular weight is 419 g/mol. The highest BCUT2D eigenvalue weighted by Gasteiger charge is 2.38. The minimum absolute atomic E-state index is 0.657. The third-order valence-electron chi connectivity index (χ3n) is 4.85. The van der Waals surface area contributed by atoms with Gasteiger partial charge in [-0.3, -0.25) is 0 Å². The minimum Gasteiger partial charge on any atom is -0.364 e. The number of fused-ring (bicyclic) bond motifs is 2. The fourth-order valence-electron chi connectivity index (χ4n) is 3.98. The summed E-state index contributed by atoms with van der Waals surface area (Å²) in [5, 5.41) is 4.65. The Hall–Kier alpha value is -0.0000000000000000555. The second kappa shape index (κ2) is 7.05. The van der Waals surface area contributed by atoms with Crippen molar-refractivity contribution in [3.05, 3.63) is 26.8 Å². The second-order valence-electron chi connectivity index (χ2n) is 6.36. The van der Waals surface area contributed by atoms with E-state index in [0.717, 1.165) is 11.6 Å². The molecule has 0 saturated carbocycles. The van der Waals surface area contributed by atoms with E-state index in [2.05, 4.69) is 57.9 Å². The number of anilines is 1. The van der Waals surface area contributed by atoms with E-state index in [1.807, 2.05) is 0 Å². The summed E-state index contributed by atoms with van der Waals surface area (Å²) in [7, 11) is 0. The molecule has 3 rings (SSSR count). The molecule has 2 fully saturated rings. The number of piperidine rings is 2. The van der Waals surface area contributed by atoms with Crippen LogP contribution in [0.2, 0.25) is 5.02 Å². The van der Waals surface area contributed by atoms with Crippen molar-refractivity contribution < 1.29 is 0 Å². The van der Waals surface area contributed by atoms with Crippen LogP contribution in [0.4, 0.5) is 5.69 Å². The van der Waals surface area contributed by atoms with E-state index in [1.54, 1.807) is 0 Å². The number of benzene rings is 1. The van der Waals surface area contributed by atoms with Gasteiger partial charge in [0, 0.05) is 21.7 Å². The van der Waals surface area contributed by atoms with Crippen molar-refractivity contribution in [3.63, 3.8) is 0 Å². The Balaban J connectivity index is 1.80. The molecule has 2 atom stereocenters. The first-order chi connectivity index (χ1) is 10.2. The van der Waals surface area contributed by atoms with Gasteiger partial charge >= 0.3 is 0 Å². The first kappa shape index (κ1) is 15.9. The van der Waals surface area contributed by atoms with Crippen molar-refractivity contribution in [3.8, 4) is 0 Å². The van der Waals surface area contributed by atoms with Crippen LogP contribution >= 0.6 is 34.2 Å². The van der Waals surface area contributed by atoms with E-state index >= 15 is 0 Å². The lowest BCUT2D eigenvalue weighted by atomic mass is 9.81. The number of rotatable bonds is 4. The zero-order valence-electron chi connectivity index (χ0n) is 12.6. The van der Waals surface area contributed by atoms with E-state index in [-0.39, 0.29) is 0 Å². The first-order valence-electron chi connectivity index (χ1n) is 8.15. The Bertz CT molecular complexity index is 480. The van der Waals surface area contributed by atoms with Crippen molar-refractivity contribution >= 4 is 39.9 Å². The number of hydrogen-bond donors (Lipinski definition) is 1. The van der Waals surface area contributed by atoms with Gasteiger partial charge in [-0.25, -0.2) is 0 Å². The van der Waals surface area contributed by atoms with Gasteiger partial charge in [-0.15, -0.1) is 0 Å². The van der Waals surface area contributed by atoms with Crippen LogP contribution in [0.1, 0.15) is 45.4 Å². The maximum absolute atomic E-state index is 6.53. The fraction of sp³-hybridized carbons (Fsp3) is 0.647. The lowest BCUT2D eigenvalue weighted by molar-refractivity contribution is 0.246. The van der Waals surface area contributed by atoms with Crippen LogP contribution in [0.25, 0.3) is 0 Å². The van der Waals surface area contributed by atoms with E-state index < -0.39 is 0 Å². The molecule has 0 amide bonds. The highest BCUT2D eigenvalue weighted by molar-refractivity contribution is 14.1. The maximum atomic E-state index is 6.53. The molecule has 1 N–H and O–H groups in total. The van der Waals surface area contributed by atoms with Gasteiger partial charge in [-0.1, -0.05) is 18.5 Å². The smallest absolute Gasteiger partial charge is 0.0650 e. The van der Waals surface area contributed by atoms with Crippen LogP contribution in [0.3, 0.4) is 0 Å². The standard InChI is InChI=1S/C17H24ClIN2/c1-2-8-20-13-10-14-4-3-5-15(11-13)21(14)17-7-6-12(19)9-16(17)18/h6-7,9,13-15,20H,2-5,8,10-11H2,1H3. The van der Waals surface area contributed by atoms with Crippen LogP contribution in [-0.4, -0.2) is 24.7 Å². The summed E-state index contributed by atoms with van der Waals surface area (Å²) in [5.74, 6) is 0. The summed E-state index contributed by atoms with van der Waals surface area (Å²) in [5.41, 5.74) is 1.25. The summed E-state index contributed by atoms with van der Waals surface area (Å²) in [6.45, 7) is 3.39. The lowest BCUT2D eigenvalue weighted by Crippen LogP contribution is -2.56. The molecule has 0 radical (unpaired) electrons. The van der Waals surface area contributed by atoms with Gasteiger partial charge in [0.05, 0.1) is 10.7 Å². The Labute approximate surface area is 146 Å². The van der Waals surface area contributed by atoms with Gasteiger partial charge < -0.3 is 10.2 Å². The number of nitrogens with one attached hydrogen (secondary N) is 1. The molecule has 0 spiro atoms.